The van der Waals surface area contributed by atoms with Crippen LogP contribution in [0.15, 0.2) is 182 Å². The lowest BCUT2D eigenvalue weighted by Gasteiger charge is -2.22. The van der Waals surface area contributed by atoms with Crippen molar-refractivity contribution >= 4 is 21.5 Å². The predicted octanol–water partition coefficient (Wildman–Crippen LogP) is 13.4. The Kier molecular flexibility index (Phi) is 7.19. The number of benzene rings is 8. The van der Waals surface area contributed by atoms with Crippen molar-refractivity contribution in [3.8, 4) is 67.3 Å². The van der Waals surface area contributed by atoms with Crippen LogP contribution in [0, 0.1) is 0 Å². The highest BCUT2D eigenvalue weighted by Crippen LogP contribution is 2.53. The molecule has 1 heterocycles. The van der Waals surface area contributed by atoms with E-state index in [1.807, 2.05) is 18.2 Å². The molecule has 2 heteroatoms. The van der Waals surface area contributed by atoms with Crippen molar-refractivity contribution in [2.45, 2.75) is 19.3 Å². The smallest absolute Gasteiger partial charge is 0.160 e. The molecule has 0 saturated carbocycles. The zero-order chi connectivity index (χ0) is 35.5. The number of fused-ring (bicyclic) bond motifs is 5. The van der Waals surface area contributed by atoms with Crippen LogP contribution in [0.1, 0.15) is 25.0 Å². The number of hydrogen-bond donors (Lipinski definition) is 0. The summed E-state index contributed by atoms with van der Waals surface area (Å²) in [5, 5.41) is 4.85. The topological polar surface area (TPSA) is 25.8 Å². The highest BCUT2D eigenvalue weighted by atomic mass is 14.9. The molecule has 1 aromatic heterocycles. The van der Waals surface area contributed by atoms with Crippen LogP contribution in [0.25, 0.3) is 88.8 Å². The molecule has 9 aromatic rings. The Morgan fingerprint density at radius 1 is 0.358 bits per heavy atom. The molecule has 0 radical (unpaired) electrons. The molecular formula is C51H36N2. The van der Waals surface area contributed by atoms with Gasteiger partial charge in [-0.2, -0.15) is 0 Å². The minimum atomic E-state index is -0.0617. The van der Waals surface area contributed by atoms with Gasteiger partial charge in [-0.25, -0.2) is 9.97 Å². The second kappa shape index (κ2) is 12.3. The zero-order valence-corrected chi connectivity index (χ0v) is 29.7. The van der Waals surface area contributed by atoms with E-state index in [-0.39, 0.29) is 5.41 Å². The van der Waals surface area contributed by atoms with E-state index in [1.54, 1.807) is 0 Å². The van der Waals surface area contributed by atoms with Crippen LogP contribution in [0.3, 0.4) is 0 Å². The molecule has 53 heavy (non-hydrogen) atoms. The number of hydrogen-bond acceptors (Lipinski definition) is 2. The predicted molar refractivity (Wildman–Crippen MR) is 222 cm³/mol. The van der Waals surface area contributed by atoms with Crippen LogP contribution in [-0.4, -0.2) is 9.97 Å². The van der Waals surface area contributed by atoms with Gasteiger partial charge in [0.25, 0.3) is 0 Å². The minimum absolute atomic E-state index is 0.0617. The number of aromatic nitrogens is 2. The van der Waals surface area contributed by atoms with Gasteiger partial charge in [0.1, 0.15) is 0 Å². The summed E-state index contributed by atoms with van der Waals surface area (Å²) < 4.78 is 0. The average molecular weight is 677 g/mol. The summed E-state index contributed by atoms with van der Waals surface area (Å²) in [5.41, 5.74) is 15.2. The van der Waals surface area contributed by atoms with Crippen molar-refractivity contribution in [3.05, 3.63) is 193 Å². The van der Waals surface area contributed by atoms with Gasteiger partial charge in [-0.1, -0.05) is 184 Å². The standard InChI is InChI=1S/C51H36N2/c1-51(2)45-27-11-10-24-44(45)49-43(26-14-28-46(49)51)41-29-30-42(40-23-9-8-22-39(40)41)48-32-47(52-50(53-48)34-16-4-3-5-17-34)36-20-12-19-35(31-36)38-25-13-18-33-15-6-7-21-37(33)38/h3-32H,1-2H3. The summed E-state index contributed by atoms with van der Waals surface area (Å²) in [6.45, 7) is 4.69. The highest BCUT2D eigenvalue weighted by Gasteiger charge is 2.36. The monoisotopic (exact) mass is 676 g/mol. The summed E-state index contributed by atoms with van der Waals surface area (Å²) in [5.74, 6) is 0.710. The SMILES string of the molecule is CC1(C)c2ccccc2-c2c(-c3ccc(-c4cc(-c5cccc(-c6cccc7ccccc67)c5)nc(-c5ccccc5)n4)c4ccccc34)cccc21. The first-order chi connectivity index (χ1) is 26.0. The van der Waals surface area contributed by atoms with Crippen LogP contribution in [-0.2, 0) is 5.41 Å². The Bertz CT molecular complexity index is 2860. The molecule has 0 amide bonds. The van der Waals surface area contributed by atoms with Gasteiger partial charge in [0, 0.05) is 22.1 Å². The fourth-order valence-electron chi connectivity index (χ4n) is 8.51. The molecule has 10 rings (SSSR count). The van der Waals surface area contributed by atoms with Gasteiger partial charge in [-0.05, 0) is 78.2 Å². The van der Waals surface area contributed by atoms with Crippen molar-refractivity contribution in [3.63, 3.8) is 0 Å². The Morgan fingerprint density at radius 3 is 1.79 bits per heavy atom. The average Bonchev–Trinajstić information content (AvgIpc) is 3.46. The van der Waals surface area contributed by atoms with Crippen molar-refractivity contribution in [1.82, 2.24) is 9.97 Å². The lowest BCUT2D eigenvalue weighted by Crippen LogP contribution is -2.14. The Balaban J connectivity index is 1.16. The van der Waals surface area contributed by atoms with Crippen LogP contribution in [0.5, 0.6) is 0 Å². The van der Waals surface area contributed by atoms with E-state index in [0.717, 1.165) is 33.6 Å². The number of rotatable bonds is 5. The normalized spacial score (nSPS) is 12.9. The zero-order valence-electron chi connectivity index (χ0n) is 29.7. The van der Waals surface area contributed by atoms with E-state index in [1.165, 1.54) is 60.5 Å². The van der Waals surface area contributed by atoms with Crippen LogP contribution >= 0.6 is 0 Å². The minimum Gasteiger partial charge on any atom is -0.228 e. The third kappa shape index (κ3) is 5.10. The molecule has 2 nitrogen and oxygen atoms in total. The quantitative estimate of drug-likeness (QED) is 0.181. The summed E-state index contributed by atoms with van der Waals surface area (Å²) in [6, 6.07) is 65.4. The fraction of sp³-hybridized carbons (Fsp3) is 0.0588. The summed E-state index contributed by atoms with van der Waals surface area (Å²) in [4.78, 5) is 10.5. The molecule has 1 aliphatic carbocycles. The second-order valence-corrected chi connectivity index (χ2v) is 14.5. The van der Waals surface area contributed by atoms with E-state index >= 15 is 0 Å². The maximum atomic E-state index is 5.27. The molecular weight excluding hydrogens is 641 g/mol. The molecule has 0 atom stereocenters. The lowest BCUT2D eigenvalue weighted by molar-refractivity contribution is 0.660. The van der Waals surface area contributed by atoms with Crippen molar-refractivity contribution in [2.24, 2.45) is 0 Å². The van der Waals surface area contributed by atoms with E-state index in [2.05, 4.69) is 178 Å². The fourth-order valence-corrected chi connectivity index (χ4v) is 8.51. The molecule has 0 saturated heterocycles. The first-order valence-corrected chi connectivity index (χ1v) is 18.3. The van der Waals surface area contributed by atoms with Crippen molar-refractivity contribution < 1.29 is 0 Å². The van der Waals surface area contributed by atoms with E-state index < -0.39 is 0 Å². The Morgan fingerprint density at radius 2 is 0.925 bits per heavy atom. The molecule has 0 fully saturated rings. The molecule has 0 bridgehead atoms. The van der Waals surface area contributed by atoms with Gasteiger partial charge in [-0.15, -0.1) is 0 Å². The molecule has 0 spiro atoms. The molecule has 0 aliphatic heterocycles. The molecule has 8 aromatic carbocycles. The largest absolute Gasteiger partial charge is 0.228 e. The highest BCUT2D eigenvalue weighted by molar-refractivity contribution is 6.08. The van der Waals surface area contributed by atoms with Gasteiger partial charge in [-0.3, -0.25) is 0 Å². The summed E-state index contributed by atoms with van der Waals surface area (Å²) >= 11 is 0. The maximum Gasteiger partial charge on any atom is 0.160 e. The summed E-state index contributed by atoms with van der Waals surface area (Å²) in [7, 11) is 0. The third-order valence-corrected chi connectivity index (χ3v) is 11.1. The molecule has 0 N–H and O–H groups in total. The summed E-state index contributed by atoms with van der Waals surface area (Å²) in [6.07, 6.45) is 0. The first kappa shape index (κ1) is 31.1. The van der Waals surface area contributed by atoms with Gasteiger partial charge in [0.05, 0.1) is 11.4 Å². The van der Waals surface area contributed by atoms with E-state index in [9.17, 15) is 0 Å². The molecule has 0 unspecified atom stereocenters. The Hall–Kier alpha value is -6.64. The maximum absolute atomic E-state index is 5.27. The number of nitrogens with zero attached hydrogens (tertiary/aromatic N) is 2. The van der Waals surface area contributed by atoms with Crippen LogP contribution < -0.4 is 0 Å². The first-order valence-electron chi connectivity index (χ1n) is 18.3. The van der Waals surface area contributed by atoms with E-state index in [0.29, 0.717) is 5.82 Å². The van der Waals surface area contributed by atoms with Crippen molar-refractivity contribution in [2.75, 3.05) is 0 Å². The van der Waals surface area contributed by atoms with Crippen LogP contribution in [0.2, 0.25) is 0 Å². The van der Waals surface area contributed by atoms with Gasteiger partial charge in [0.2, 0.25) is 0 Å². The molecule has 1 aliphatic rings. The third-order valence-electron chi connectivity index (χ3n) is 11.1. The second-order valence-electron chi connectivity index (χ2n) is 14.5. The Labute approximate surface area is 310 Å². The molecule has 250 valence electrons. The van der Waals surface area contributed by atoms with Gasteiger partial charge < -0.3 is 0 Å². The lowest BCUT2D eigenvalue weighted by atomic mass is 9.81. The van der Waals surface area contributed by atoms with E-state index in [4.69, 9.17) is 9.97 Å². The van der Waals surface area contributed by atoms with Crippen LogP contribution in [0.4, 0.5) is 0 Å². The van der Waals surface area contributed by atoms with Crippen molar-refractivity contribution in [1.29, 1.82) is 0 Å². The van der Waals surface area contributed by atoms with Gasteiger partial charge in [0.15, 0.2) is 5.82 Å². The van der Waals surface area contributed by atoms with Gasteiger partial charge >= 0.3 is 0 Å².